The zero-order valence-electron chi connectivity index (χ0n) is 32.3. The number of amides is 2. The van der Waals surface area contributed by atoms with Crippen molar-refractivity contribution in [3.8, 4) is 5.75 Å². The zero-order valence-corrected chi connectivity index (χ0v) is 34.0. The molecular weight excluding hydrogens is 773 g/mol. The molecule has 2 aromatic rings. The highest BCUT2D eigenvalue weighted by molar-refractivity contribution is 8.00. The van der Waals surface area contributed by atoms with E-state index in [-0.39, 0.29) is 5.75 Å². The number of hydrogen-bond donors (Lipinski definition) is 1. The Morgan fingerprint density at radius 1 is 0.945 bits per heavy atom. The van der Waals surface area contributed by atoms with Crippen LogP contribution in [0.2, 0.25) is 0 Å². The summed E-state index contributed by atoms with van der Waals surface area (Å²) in [4.78, 5) is 69.0. The van der Waals surface area contributed by atoms with E-state index in [1.54, 1.807) is 62.3 Å². The fourth-order valence-corrected chi connectivity index (χ4v) is 7.62. The monoisotopic (exact) mass is 820 g/mol. The fraction of sp³-hybridized carbons (Fsp3) is 0.588. The molecule has 0 radical (unpaired) electrons. The molecule has 1 saturated heterocycles. The number of nitrogens with zero attached hydrogens (tertiary/aromatic N) is 3. The molecule has 3 rings (SSSR count). The highest BCUT2D eigenvalue weighted by Crippen LogP contribution is 2.50. The average Bonchev–Trinajstić information content (AvgIpc) is 3.32. The lowest BCUT2D eigenvalue weighted by molar-refractivity contribution is -0.142. The second kappa shape index (κ2) is 17.7. The zero-order chi connectivity index (χ0) is 41.7. The summed E-state index contributed by atoms with van der Waals surface area (Å²) in [5.41, 5.74) is -4.30. The van der Waals surface area contributed by atoms with Gasteiger partial charge in [0.05, 0.1) is 19.0 Å². The maximum Gasteiger partial charge on any atom is 0.509 e. The van der Waals surface area contributed by atoms with Gasteiger partial charge >= 0.3 is 37.7 Å². The molecule has 2 heterocycles. The third kappa shape index (κ3) is 13.5. The Bertz CT molecular complexity index is 1780. The maximum absolute atomic E-state index is 16.4. The first-order valence-corrected chi connectivity index (χ1v) is 19.3. The third-order valence-electron chi connectivity index (χ3n) is 6.71. The summed E-state index contributed by atoms with van der Waals surface area (Å²) in [5.74, 6) is -2.08. The van der Waals surface area contributed by atoms with E-state index in [2.05, 4.69) is 14.8 Å². The first-order valence-electron chi connectivity index (χ1n) is 16.8. The van der Waals surface area contributed by atoms with Crippen LogP contribution in [0.25, 0.3) is 0 Å². The van der Waals surface area contributed by atoms with Gasteiger partial charge in [0, 0.05) is 6.20 Å². The molecule has 1 aliphatic heterocycles. The molecule has 2 amide bonds. The van der Waals surface area contributed by atoms with Crippen LogP contribution in [0.15, 0.2) is 41.3 Å². The van der Waals surface area contributed by atoms with Crippen molar-refractivity contribution >= 4 is 49.6 Å². The number of thioether (sulfide) groups is 1. The van der Waals surface area contributed by atoms with Gasteiger partial charge < -0.3 is 28.2 Å². The number of methoxy groups -OCH3 is 1. The van der Waals surface area contributed by atoms with Crippen LogP contribution >= 0.6 is 19.5 Å². The Morgan fingerprint density at radius 2 is 1.49 bits per heavy atom. The minimum absolute atomic E-state index is 0.124. The third-order valence-corrected chi connectivity index (χ3v) is 9.88. The predicted octanol–water partition coefficient (Wildman–Crippen LogP) is 6.69. The Labute approximate surface area is 321 Å². The summed E-state index contributed by atoms with van der Waals surface area (Å²) in [6.45, 7) is 14.6. The first-order chi connectivity index (χ1) is 25.2. The smallest absolute Gasteiger partial charge is 0.468 e. The molecule has 0 saturated carbocycles. The highest BCUT2D eigenvalue weighted by Gasteiger charge is 2.50. The van der Waals surface area contributed by atoms with E-state index in [1.165, 1.54) is 6.92 Å². The SMILES string of the molecule is COC(=O)[C@H](C)NP(=O)(OC[C@H]1S[C@@H](n2ccc(N(C(=O)OC(C)(C)C)C(=O)OC(C)(C)C)nc2=O)[C@@H](F)[C@@H]1OC(=O)OC(C)(C)C)Oc1ccc(F)cc1. The fourth-order valence-electron chi connectivity index (χ4n) is 4.54. The first kappa shape index (κ1) is 45.1. The summed E-state index contributed by atoms with van der Waals surface area (Å²) in [6.07, 6.45) is -6.46. The molecule has 21 heteroatoms. The van der Waals surface area contributed by atoms with Gasteiger partial charge in [-0.15, -0.1) is 11.8 Å². The standard InChI is InChI=1S/C34H47F2N4O13PS/c1-19(27(41)47-11)38-54(46,53-21-14-12-20(35)13-15-21)48-18-22-25(49-31(45)52-34(8,9)10)24(36)26(55-22)39-17-16-23(37-28(39)42)40(29(43)50-32(2,3)4)30(44)51-33(5,6)7/h12-17,19,22,24-26H,18H2,1-11H3,(H,38,46)/t19-,22+,24-,25+,26+,54?/m0/s1. The average molecular weight is 821 g/mol. The van der Waals surface area contributed by atoms with Crippen molar-refractivity contribution in [2.75, 3.05) is 18.6 Å². The van der Waals surface area contributed by atoms with Crippen molar-refractivity contribution in [1.29, 1.82) is 0 Å². The van der Waals surface area contributed by atoms with E-state index in [1.807, 2.05) is 0 Å². The Kier molecular flexibility index (Phi) is 14.5. The number of imide groups is 1. The van der Waals surface area contributed by atoms with Crippen LogP contribution in [0, 0.1) is 5.82 Å². The van der Waals surface area contributed by atoms with Gasteiger partial charge in [-0.05, 0) is 99.6 Å². The molecular formula is C34H47F2N4O13PS. The number of ether oxygens (including phenoxy) is 5. The van der Waals surface area contributed by atoms with Crippen molar-refractivity contribution in [2.45, 2.75) is 115 Å². The van der Waals surface area contributed by atoms with Crippen LogP contribution in [-0.4, -0.2) is 87.9 Å². The van der Waals surface area contributed by atoms with Crippen molar-refractivity contribution in [2.24, 2.45) is 0 Å². The number of alkyl halides is 1. The van der Waals surface area contributed by atoms with Gasteiger partial charge in [-0.1, -0.05) is 0 Å². The number of hydrogen-bond acceptors (Lipinski definition) is 15. The summed E-state index contributed by atoms with van der Waals surface area (Å²) in [7, 11) is -3.47. The molecule has 17 nitrogen and oxygen atoms in total. The molecule has 0 spiro atoms. The normalized spacial score (nSPS) is 20.4. The van der Waals surface area contributed by atoms with E-state index in [0.717, 1.165) is 60.0 Å². The summed E-state index contributed by atoms with van der Waals surface area (Å²) in [6, 6.07) is 4.18. The van der Waals surface area contributed by atoms with Crippen LogP contribution in [-0.2, 0) is 37.6 Å². The molecule has 1 aliphatic rings. The van der Waals surface area contributed by atoms with Gasteiger partial charge in [-0.2, -0.15) is 15.0 Å². The number of benzene rings is 1. The Balaban J connectivity index is 2.00. The van der Waals surface area contributed by atoms with Gasteiger partial charge in [-0.3, -0.25) is 13.9 Å². The molecule has 306 valence electrons. The topological polar surface area (TPSA) is 200 Å². The summed E-state index contributed by atoms with van der Waals surface area (Å²) < 4.78 is 82.0. The minimum atomic E-state index is -4.57. The van der Waals surface area contributed by atoms with Gasteiger partial charge in [0.15, 0.2) is 18.1 Å². The number of anilines is 1. The van der Waals surface area contributed by atoms with Crippen molar-refractivity contribution in [3.63, 3.8) is 0 Å². The van der Waals surface area contributed by atoms with Gasteiger partial charge in [0.25, 0.3) is 0 Å². The molecule has 1 fully saturated rings. The number of carbonyl (C=O) groups is 4. The Morgan fingerprint density at radius 3 is 1.98 bits per heavy atom. The number of halogens is 2. The quantitative estimate of drug-likeness (QED) is 0.143. The van der Waals surface area contributed by atoms with Crippen LogP contribution in [0.1, 0.15) is 74.6 Å². The summed E-state index contributed by atoms with van der Waals surface area (Å²) >= 11 is 0.723. The lowest BCUT2D eigenvalue weighted by Gasteiger charge is -2.28. The summed E-state index contributed by atoms with van der Waals surface area (Å²) in [5, 5.41) is -0.297. The number of rotatable bonds is 11. The van der Waals surface area contributed by atoms with E-state index >= 15 is 4.39 Å². The second-order valence-electron chi connectivity index (χ2n) is 15.0. The molecule has 6 atom stereocenters. The van der Waals surface area contributed by atoms with E-state index < -0.39 is 102 Å². The molecule has 55 heavy (non-hydrogen) atoms. The van der Waals surface area contributed by atoms with Crippen LogP contribution in [0.5, 0.6) is 5.75 Å². The molecule has 1 N–H and O–H groups in total. The maximum atomic E-state index is 16.4. The largest absolute Gasteiger partial charge is 0.509 e. The number of esters is 1. The minimum Gasteiger partial charge on any atom is -0.468 e. The highest BCUT2D eigenvalue weighted by atomic mass is 32.2. The number of aromatic nitrogens is 2. The van der Waals surface area contributed by atoms with Crippen LogP contribution in [0.3, 0.4) is 0 Å². The molecule has 1 aromatic carbocycles. The molecule has 1 unspecified atom stereocenters. The van der Waals surface area contributed by atoms with Crippen molar-refractivity contribution in [3.05, 3.63) is 52.8 Å². The lowest BCUT2D eigenvalue weighted by atomic mass is 10.1. The number of carbonyl (C=O) groups excluding carboxylic acids is 4. The van der Waals surface area contributed by atoms with Crippen molar-refractivity contribution < 1.29 is 65.3 Å². The Hall–Kier alpha value is -4.26. The van der Waals surface area contributed by atoms with E-state index in [4.69, 9.17) is 28.0 Å². The lowest BCUT2D eigenvalue weighted by Crippen LogP contribution is -2.45. The van der Waals surface area contributed by atoms with Crippen molar-refractivity contribution in [1.82, 2.24) is 14.6 Å². The second-order valence-corrected chi connectivity index (χ2v) is 18.1. The van der Waals surface area contributed by atoms with E-state index in [0.29, 0.717) is 4.90 Å². The molecule has 1 aromatic heterocycles. The molecule has 0 bridgehead atoms. The van der Waals surface area contributed by atoms with Gasteiger partial charge in [0.2, 0.25) is 0 Å². The van der Waals surface area contributed by atoms with E-state index in [9.17, 15) is 32.9 Å². The predicted molar refractivity (Wildman–Crippen MR) is 195 cm³/mol. The van der Waals surface area contributed by atoms with Gasteiger partial charge in [-0.25, -0.2) is 32.5 Å². The van der Waals surface area contributed by atoms with Crippen LogP contribution in [0.4, 0.5) is 29.0 Å². The van der Waals surface area contributed by atoms with Gasteiger partial charge in [0.1, 0.15) is 39.8 Å². The molecule has 0 aliphatic carbocycles. The van der Waals surface area contributed by atoms with Crippen LogP contribution < -0.4 is 20.2 Å². The number of nitrogens with one attached hydrogen (secondary N) is 1.